The van der Waals surface area contributed by atoms with Crippen molar-refractivity contribution in [3.63, 3.8) is 0 Å². The average Bonchev–Trinajstić information content (AvgIpc) is 2.70. The molecule has 17 heavy (non-hydrogen) atoms. The Labute approximate surface area is 102 Å². The van der Waals surface area contributed by atoms with Gasteiger partial charge in [-0.1, -0.05) is 32.9 Å². The molecule has 90 valence electrons. The molecule has 1 aromatic heterocycles. The van der Waals surface area contributed by atoms with E-state index >= 15 is 0 Å². The zero-order valence-electron chi connectivity index (χ0n) is 10.9. The van der Waals surface area contributed by atoms with Gasteiger partial charge in [-0.25, -0.2) is 0 Å². The summed E-state index contributed by atoms with van der Waals surface area (Å²) in [7, 11) is 0. The second-order valence-electron chi connectivity index (χ2n) is 5.32. The molecule has 1 aromatic carbocycles. The van der Waals surface area contributed by atoms with Crippen molar-refractivity contribution in [2.24, 2.45) is 5.41 Å². The topological polar surface area (TPSA) is 32.9 Å². The van der Waals surface area contributed by atoms with Gasteiger partial charge >= 0.3 is 0 Å². The van der Waals surface area contributed by atoms with Crippen LogP contribution in [-0.4, -0.2) is 10.8 Å². The fourth-order valence-corrected chi connectivity index (χ4v) is 1.95. The second kappa shape index (κ2) is 4.02. The van der Waals surface area contributed by atoms with Crippen LogP contribution in [0.3, 0.4) is 0 Å². The minimum atomic E-state index is -0.292. The SMILES string of the molecule is CCC(C)(C)C(=O)c1c[nH]c2cc(C)ccc12. The van der Waals surface area contributed by atoms with Crippen molar-refractivity contribution in [2.45, 2.75) is 34.1 Å². The Morgan fingerprint density at radius 2 is 2.06 bits per heavy atom. The molecule has 0 unspecified atom stereocenters. The molecule has 0 aliphatic heterocycles. The van der Waals surface area contributed by atoms with E-state index in [-0.39, 0.29) is 11.2 Å². The summed E-state index contributed by atoms with van der Waals surface area (Å²) in [4.78, 5) is 15.6. The van der Waals surface area contributed by atoms with E-state index in [9.17, 15) is 4.79 Å². The predicted octanol–water partition coefficient (Wildman–Crippen LogP) is 4.10. The van der Waals surface area contributed by atoms with Crippen LogP contribution >= 0.6 is 0 Å². The molecule has 1 heterocycles. The summed E-state index contributed by atoms with van der Waals surface area (Å²) in [6.07, 6.45) is 2.69. The van der Waals surface area contributed by atoms with Gasteiger partial charge in [-0.3, -0.25) is 4.79 Å². The number of carbonyl (C=O) groups excluding carboxylic acids is 1. The summed E-state index contributed by atoms with van der Waals surface area (Å²) in [5.41, 5.74) is 2.76. The summed E-state index contributed by atoms with van der Waals surface area (Å²) in [6.45, 7) is 8.11. The van der Waals surface area contributed by atoms with Crippen LogP contribution in [0.15, 0.2) is 24.4 Å². The van der Waals surface area contributed by atoms with Crippen LogP contribution in [0.1, 0.15) is 43.1 Å². The van der Waals surface area contributed by atoms with E-state index in [1.54, 1.807) is 0 Å². The molecule has 2 nitrogen and oxygen atoms in total. The van der Waals surface area contributed by atoms with Crippen LogP contribution in [0.5, 0.6) is 0 Å². The molecule has 1 N–H and O–H groups in total. The molecule has 0 bridgehead atoms. The van der Waals surface area contributed by atoms with Crippen LogP contribution in [0.4, 0.5) is 0 Å². The van der Waals surface area contributed by atoms with Gasteiger partial charge in [-0.15, -0.1) is 0 Å². The number of fused-ring (bicyclic) bond motifs is 1. The molecule has 0 aliphatic rings. The highest BCUT2D eigenvalue weighted by molar-refractivity contribution is 6.10. The van der Waals surface area contributed by atoms with Gasteiger partial charge in [-0.2, -0.15) is 0 Å². The first kappa shape index (κ1) is 11.9. The van der Waals surface area contributed by atoms with E-state index in [0.717, 1.165) is 22.9 Å². The van der Waals surface area contributed by atoms with E-state index in [1.165, 1.54) is 5.56 Å². The molecule has 0 spiro atoms. The lowest BCUT2D eigenvalue weighted by molar-refractivity contribution is 0.0835. The molecule has 0 atom stereocenters. The lowest BCUT2D eigenvalue weighted by Crippen LogP contribution is -2.23. The van der Waals surface area contributed by atoms with E-state index in [2.05, 4.69) is 24.9 Å². The molecule has 0 aliphatic carbocycles. The molecule has 0 amide bonds. The highest BCUT2D eigenvalue weighted by Crippen LogP contribution is 2.29. The Balaban J connectivity index is 2.54. The molecule has 0 fully saturated rings. The number of H-pyrrole nitrogens is 1. The van der Waals surface area contributed by atoms with Gasteiger partial charge in [-0.05, 0) is 25.0 Å². The van der Waals surface area contributed by atoms with E-state index in [0.29, 0.717) is 0 Å². The number of aryl methyl sites for hydroxylation is 1. The van der Waals surface area contributed by atoms with Gasteiger partial charge in [0, 0.05) is 28.1 Å². The number of hydrogen-bond donors (Lipinski definition) is 1. The fourth-order valence-electron chi connectivity index (χ4n) is 1.95. The van der Waals surface area contributed by atoms with Crippen molar-refractivity contribution >= 4 is 16.7 Å². The van der Waals surface area contributed by atoms with Crippen molar-refractivity contribution in [3.05, 3.63) is 35.5 Å². The monoisotopic (exact) mass is 229 g/mol. The zero-order valence-corrected chi connectivity index (χ0v) is 10.9. The maximum Gasteiger partial charge on any atom is 0.170 e. The van der Waals surface area contributed by atoms with Crippen molar-refractivity contribution in [3.8, 4) is 0 Å². The minimum Gasteiger partial charge on any atom is -0.360 e. The highest BCUT2D eigenvalue weighted by Gasteiger charge is 2.28. The Morgan fingerprint density at radius 1 is 1.35 bits per heavy atom. The first-order valence-electron chi connectivity index (χ1n) is 6.08. The van der Waals surface area contributed by atoms with E-state index < -0.39 is 0 Å². The van der Waals surface area contributed by atoms with Crippen LogP contribution in [0.25, 0.3) is 10.9 Å². The minimum absolute atomic E-state index is 0.218. The first-order valence-corrected chi connectivity index (χ1v) is 6.08. The Morgan fingerprint density at radius 3 is 2.71 bits per heavy atom. The van der Waals surface area contributed by atoms with Gasteiger partial charge in [0.05, 0.1) is 0 Å². The summed E-state index contributed by atoms with van der Waals surface area (Å²) in [5.74, 6) is 0.218. The van der Waals surface area contributed by atoms with Crippen molar-refractivity contribution in [2.75, 3.05) is 0 Å². The molecule has 2 aromatic rings. The third kappa shape index (κ3) is 1.99. The van der Waals surface area contributed by atoms with Gasteiger partial charge in [0.2, 0.25) is 0 Å². The molecule has 0 saturated heterocycles. The normalized spacial score (nSPS) is 12.0. The lowest BCUT2D eigenvalue weighted by Gasteiger charge is -2.20. The summed E-state index contributed by atoms with van der Waals surface area (Å²) >= 11 is 0. The van der Waals surface area contributed by atoms with Crippen molar-refractivity contribution in [1.82, 2.24) is 4.98 Å². The van der Waals surface area contributed by atoms with Crippen LogP contribution in [0.2, 0.25) is 0 Å². The van der Waals surface area contributed by atoms with Gasteiger partial charge in [0.15, 0.2) is 5.78 Å². The van der Waals surface area contributed by atoms with E-state index in [4.69, 9.17) is 0 Å². The number of aromatic nitrogens is 1. The van der Waals surface area contributed by atoms with Gasteiger partial charge in [0.25, 0.3) is 0 Å². The van der Waals surface area contributed by atoms with Crippen LogP contribution in [0, 0.1) is 12.3 Å². The number of hydrogen-bond acceptors (Lipinski definition) is 1. The summed E-state index contributed by atoms with van der Waals surface area (Å²) in [6, 6.07) is 6.15. The average molecular weight is 229 g/mol. The number of rotatable bonds is 3. The first-order chi connectivity index (χ1) is 7.95. The number of Topliss-reactive ketones (excluding diaryl/α,β-unsaturated/α-hetero) is 1. The standard InChI is InChI=1S/C15H19NO/c1-5-15(3,4)14(17)12-9-16-13-8-10(2)6-7-11(12)13/h6-9,16H,5H2,1-4H3. The van der Waals surface area contributed by atoms with Crippen molar-refractivity contribution < 1.29 is 4.79 Å². The second-order valence-corrected chi connectivity index (χ2v) is 5.32. The maximum atomic E-state index is 12.4. The number of aromatic amines is 1. The Hall–Kier alpha value is -1.57. The summed E-state index contributed by atoms with van der Waals surface area (Å²) < 4.78 is 0. The molecular formula is C15H19NO. The molecular weight excluding hydrogens is 210 g/mol. The van der Waals surface area contributed by atoms with Crippen LogP contribution in [-0.2, 0) is 0 Å². The number of nitrogens with one attached hydrogen (secondary N) is 1. The number of ketones is 1. The largest absolute Gasteiger partial charge is 0.360 e. The summed E-state index contributed by atoms with van der Waals surface area (Å²) in [5, 5.41) is 1.03. The lowest BCUT2D eigenvalue weighted by atomic mass is 9.82. The Kier molecular flexibility index (Phi) is 2.82. The molecule has 2 heteroatoms. The van der Waals surface area contributed by atoms with Gasteiger partial charge in [0.1, 0.15) is 0 Å². The van der Waals surface area contributed by atoms with Crippen LogP contribution < -0.4 is 0 Å². The fraction of sp³-hybridized carbons (Fsp3) is 0.400. The highest BCUT2D eigenvalue weighted by atomic mass is 16.1. The maximum absolute atomic E-state index is 12.4. The van der Waals surface area contributed by atoms with E-state index in [1.807, 2.05) is 32.2 Å². The molecule has 0 saturated carbocycles. The molecule has 2 rings (SSSR count). The van der Waals surface area contributed by atoms with Crippen molar-refractivity contribution in [1.29, 1.82) is 0 Å². The van der Waals surface area contributed by atoms with Gasteiger partial charge < -0.3 is 4.98 Å². The Bertz CT molecular complexity index is 563. The number of benzene rings is 1. The zero-order chi connectivity index (χ0) is 12.6. The number of carbonyl (C=O) groups is 1. The third-order valence-electron chi connectivity index (χ3n) is 3.58. The predicted molar refractivity (Wildman–Crippen MR) is 71.4 cm³/mol. The quantitative estimate of drug-likeness (QED) is 0.790. The smallest absolute Gasteiger partial charge is 0.170 e. The molecule has 0 radical (unpaired) electrons. The third-order valence-corrected chi connectivity index (χ3v) is 3.58.